The Hall–Kier alpha value is -1.75. The number of carbonyl (C=O) groups excluding carboxylic acids is 1. The summed E-state index contributed by atoms with van der Waals surface area (Å²) >= 11 is 6.06. The van der Waals surface area contributed by atoms with Gasteiger partial charge in [0.05, 0.1) is 16.6 Å². The Kier molecular flexibility index (Phi) is 4.49. The van der Waals surface area contributed by atoms with E-state index in [9.17, 15) is 9.59 Å². The van der Waals surface area contributed by atoms with Crippen molar-refractivity contribution in [2.24, 2.45) is 5.92 Å². The molecular weight excluding hydrogens is 280 g/mol. The molecule has 6 heteroatoms. The van der Waals surface area contributed by atoms with Gasteiger partial charge in [-0.25, -0.2) is 4.79 Å². The van der Waals surface area contributed by atoms with Gasteiger partial charge < -0.3 is 15.3 Å². The van der Waals surface area contributed by atoms with Gasteiger partial charge in [0.1, 0.15) is 0 Å². The first-order chi connectivity index (χ1) is 9.47. The number of likely N-dealkylation sites (tertiary alicyclic amines) is 1. The molecule has 1 heterocycles. The molecule has 0 radical (unpaired) electrons. The normalized spacial score (nSPS) is 18.7. The minimum Gasteiger partial charge on any atom is -0.481 e. The maximum atomic E-state index is 12.1. The molecule has 1 aliphatic rings. The van der Waals surface area contributed by atoms with Crippen molar-refractivity contribution in [3.63, 3.8) is 0 Å². The van der Waals surface area contributed by atoms with Gasteiger partial charge >= 0.3 is 12.0 Å². The zero-order valence-electron chi connectivity index (χ0n) is 11.2. The lowest BCUT2D eigenvalue weighted by Gasteiger charge is -2.30. The van der Waals surface area contributed by atoms with Crippen LogP contribution in [0.5, 0.6) is 0 Å². The molecule has 1 fully saturated rings. The molecule has 108 valence electrons. The molecule has 0 unspecified atom stereocenters. The topological polar surface area (TPSA) is 69.6 Å². The lowest BCUT2D eigenvalue weighted by molar-refractivity contribution is -0.143. The van der Waals surface area contributed by atoms with Gasteiger partial charge in [0.25, 0.3) is 0 Å². The van der Waals surface area contributed by atoms with Gasteiger partial charge in [0.2, 0.25) is 0 Å². The Bertz CT molecular complexity index is 533. The van der Waals surface area contributed by atoms with Crippen LogP contribution >= 0.6 is 11.6 Å². The van der Waals surface area contributed by atoms with Gasteiger partial charge in [-0.15, -0.1) is 0 Å². The molecule has 2 N–H and O–H groups in total. The summed E-state index contributed by atoms with van der Waals surface area (Å²) in [6.45, 7) is 2.73. The number of hydrogen-bond donors (Lipinski definition) is 2. The summed E-state index contributed by atoms with van der Waals surface area (Å²) in [5.74, 6) is -1.33. The van der Waals surface area contributed by atoms with Crippen LogP contribution in [0.2, 0.25) is 5.02 Å². The molecule has 0 saturated carbocycles. The summed E-state index contributed by atoms with van der Waals surface area (Å²) in [6.07, 6.45) is 1.32. The summed E-state index contributed by atoms with van der Waals surface area (Å²) in [6, 6.07) is 5.07. The number of amides is 2. The maximum Gasteiger partial charge on any atom is 0.321 e. The Morgan fingerprint density at radius 3 is 2.85 bits per heavy atom. The van der Waals surface area contributed by atoms with Crippen molar-refractivity contribution >= 4 is 29.3 Å². The minimum absolute atomic E-state index is 0.241. The average molecular weight is 297 g/mol. The van der Waals surface area contributed by atoms with Crippen molar-refractivity contribution in [1.29, 1.82) is 0 Å². The van der Waals surface area contributed by atoms with E-state index >= 15 is 0 Å². The fraction of sp³-hybridized carbons (Fsp3) is 0.429. The third kappa shape index (κ3) is 3.42. The van der Waals surface area contributed by atoms with E-state index in [4.69, 9.17) is 16.7 Å². The van der Waals surface area contributed by atoms with Crippen LogP contribution in [0.3, 0.4) is 0 Å². The van der Waals surface area contributed by atoms with Crippen LogP contribution in [0.1, 0.15) is 18.4 Å². The van der Waals surface area contributed by atoms with Crippen LogP contribution in [0, 0.1) is 12.8 Å². The second kappa shape index (κ2) is 6.13. The molecule has 0 spiro atoms. The molecule has 1 aliphatic heterocycles. The second-order valence-electron chi connectivity index (χ2n) is 5.04. The van der Waals surface area contributed by atoms with Crippen molar-refractivity contribution in [3.8, 4) is 0 Å². The minimum atomic E-state index is -0.851. The number of rotatable bonds is 2. The quantitative estimate of drug-likeness (QED) is 0.881. The Morgan fingerprint density at radius 1 is 1.45 bits per heavy atom. The monoisotopic (exact) mass is 296 g/mol. The Balaban J connectivity index is 2.02. The third-order valence-electron chi connectivity index (χ3n) is 3.42. The van der Waals surface area contributed by atoms with Crippen molar-refractivity contribution < 1.29 is 14.7 Å². The lowest BCUT2D eigenvalue weighted by atomic mass is 9.99. The van der Waals surface area contributed by atoms with E-state index in [1.807, 2.05) is 13.0 Å². The summed E-state index contributed by atoms with van der Waals surface area (Å²) in [5.41, 5.74) is 1.55. The van der Waals surface area contributed by atoms with Crippen molar-refractivity contribution in [2.75, 3.05) is 18.4 Å². The molecule has 1 saturated heterocycles. The number of benzene rings is 1. The second-order valence-corrected chi connectivity index (χ2v) is 5.44. The summed E-state index contributed by atoms with van der Waals surface area (Å²) in [7, 11) is 0. The third-order valence-corrected chi connectivity index (χ3v) is 3.74. The van der Waals surface area contributed by atoms with Crippen LogP contribution < -0.4 is 5.32 Å². The van der Waals surface area contributed by atoms with E-state index in [2.05, 4.69) is 5.32 Å². The number of nitrogens with zero attached hydrogens (tertiary/aromatic N) is 1. The number of carboxylic acids is 1. The van der Waals surface area contributed by atoms with Gasteiger partial charge in [-0.3, -0.25) is 4.79 Å². The van der Waals surface area contributed by atoms with E-state index in [-0.39, 0.29) is 12.6 Å². The number of aliphatic carboxylic acids is 1. The first-order valence-corrected chi connectivity index (χ1v) is 6.90. The lowest BCUT2D eigenvalue weighted by Crippen LogP contribution is -2.44. The van der Waals surface area contributed by atoms with Crippen molar-refractivity contribution in [1.82, 2.24) is 4.90 Å². The highest BCUT2D eigenvalue weighted by molar-refractivity contribution is 6.33. The molecule has 20 heavy (non-hydrogen) atoms. The fourth-order valence-corrected chi connectivity index (χ4v) is 2.56. The zero-order chi connectivity index (χ0) is 14.7. The maximum absolute atomic E-state index is 12.1. The van der Waals surface area contributed by atoms with Crippen LogP contribution in [0.15, 0.2) is 18.2 Å². The number of nitrogens with one attached hydrogen (secondary N) is 1. The molecule has 2 amide bonds. The Labute approximate surface area is 122 Å². The molecule has 2 rings (SSSR count). The van der Waals surface area contributed by atoms with Gasteiger partial charge in [0.15, 0.2) is 0 Å². The summed E-state index contributed by atoms with van der Waals surface area (Å²) in [5, 5.41) is 12.2. The fourth-order valence-electron chi connectivity index (χ4n) is 2.28. The number of urea groups is 1. The summed E-state index contributed by atoms with van der Waals surface area (Å²) < 4.78 is 0. The molecule has 5 nitrogen and oxygen atoms in total. The number of halogens is 1. The highest BCUT2D eigenvalue weighted by Gasteiger charge is 2.28. The highest BCUT2D eigenvalue weighted by atomic mass is 35.5. The van der Waals surface area contributed by atoms with E-state index < -0.39 is 11.9 Å². The van der Waals surface area contributed by atoms with Gasteiger partial charge in [-0.05, 0) is 37.5 Å². The molecule has 0 aromatic heterocycles. The van der Waals surface area contributed by atoms with Crippen LogP contribution in [-0.2, 0) is 4.79 Å². The molecular formula is C14H17ClN2O3. The van der Waals surface area contributed by atoms with Gasteiger partial charge in [-0.2, -0.15) is 0 Å². The van der Waals surface area contributed by atoms with E-state index in [1.54, 1.807) is 12.1 Å². The van der Waals surface area contributed by atoms with E-state index in [0.717, 1.165) is 5.56 Å². The van der Waals surface area contributed by atoms with Crippen molar-refractivity contribution in [3.05, 3.63) is 28.8 Å². The number of carboxylic acid groups (broad SMARTS) is 1. The van der Waals surface area contributed by atoms with Crippen molar-refractivity contribution in [2.45, 2.75) is 19.8 Å². The van der Waals surface area contributed by atoms with E-state index in [1.165, 1.54) is 4.90 Å². The predicted octanol–water partition coefficient (Wildman–Crippen LogP) is 2.98. The SMILES string of the molecule is Cc1ccc(NC(=O)N2CCC[C@@H](C(=O)O)C2)c(Cl)c1. The number of anilines is 1. The smallest absolute Gasteiger partial charge is 0.321 e. The molecule has 0 bridgehead atoms. The first kappa shape index (κ1) is 14.7. The van der Waals surface area contributed by atoms with Gasteiger partial charge in [0, 0.05) is 13.1 Å². The van der Waals surface area contributed by atoms with E-state index in [0.29, 0.717) is 30.1 Å². The molecule has 1 aromatic carbocycles. The van der Waals surface area contributed by atoms with Crippen LogP contribution in [0.25, 0.3) is 0 Å². The highest BCUT2D eigenvalue weighted by Crippen LogP contribution is 2.24. The zero-order valence-corrected chi connectivity index (χ0v) is 12.0. The standard InChI is InChI=1S/C14H17ClN2O3/c1-9-4-5-12(11(15)7-9)16-14(20)17-6-2-3-10(8-17)13(18)19/h4-5,7,10H,2-3,6,8H2,1H3,(H,16,20)(H,18,19)/t10-/m1/s1. The van der Waals surface area contributed by atoms with Crippen LogP contribution in [-0.4, -0.2) is 35.1 Å². The number of aryl methyl sites for hydroxylation is 1. The first-order valence-electron chi connectivity index (χ1n) is 6.52. The molecule has 1 aromatic rings. The molecule has 0 aliphatic carbocycles. The largest absolute Gasteiger partial charge is 0.481 e. The number of hydrogen-bond acceptors (Lipinski definition) is 2. The predicted molar refractivity (Wildman–Crippen MR) is 77.1 cm³/mol. The Morgan fingerprint density at radius 2 is 2.20 bits per heavy atom. The van der Waals surface area contributed by atoms with Crippen LogP contribution in [0.4, 0.5) is 10.5 Å². The van der Waals surface area contributed by atoms with Gasteiger partial charge in [-0.1, -0.05) is 17.7 Å². The number of piperidine rings is 1. The molecule has 1 atom stereocenters. The summed E-state index contributed by atoms with van der Waals surface area (Å²) in [4.78, 5) is 24.7. The average Bonchev–Trinajstić information content (AvgIpc) is 2.42. The number of carbonyl (C=O) groups is 2.